The van der Waals surface area contributed by atoms with Gasteiger partial charge in [0.25, 0.3) is 0 Å². The van der Waals surface area contributed by atoms with E-state index in [1.807, 2.05) is 10.7 Å². The van der Waals surface area contributed by atoms with Gasteiger partial charge < -0.3 is 4.74 Å². The Hall–Kier alpha value is -0.946. The van der Waals surface area contributed by atoms with E-state index in [0.29, 0.717) is 6.73 Å². The van der Waals surface area contributed by atoms with Crippen LogP contribution in [0.5, 0.6) is 0 Å². The molecule has 0 N–H and O–H groups in total. The summed E-state index contributed by atoms with van der Waals surface area (Å²) < 4.78 is 8.59. The highest BCUT2D eigenvalue weighted by Crippen LogP contribution is 2.21. The van der Waals surface area contributed by atoms with Gasteiger partial charge in [-0.2, -0.15) is 5.10 Å². The first-order valence-electron chi connectivity index (χ1n) is 8.18. The van der Waals surface area contributed by atoms with E-state index in [9.17, 15) is 0 Å². The van der Waals surface area contributed by atoms with Crippen LogP contribution < -0.4 is 0 Å². The average Bonchev–Trinajstić information content (AvgIpc) is 2.77. The quantitative estimate of drug-likeness (QED) is 0.396. The molecule has 0 aromatic carbocycles. The Bertz CT molecular complexity index is 779. The summed E-state index contributed by atoms with van der Waals surface area (Å²) in [5, 5.41) is 5.61. The number of hydrogen-bond acceptors (Lipinski definition) is 3. The van der Waals surface area contributed by atoms with Gasteiger partial charge in [0.2, 0.25) is 0 Å². The molecule has 0 aliphatic carbocycles. The summed E-state index contributed by atoms with van der Waals surface area (Å²) in [5.74, 6) is 3.26. The Kier molecular flexibility index (Phi) is 6.07. The summed E-state index contributed by atoms with van der Waals surface area (Å²) in [6.07, 6.45) is 1.79. The molecule has 0 unspecified atom stereocenters. The predicted molar refractivity (Wildman–Crippen MR) is 110 cm³/mol. The minimum Gasteiger partial charge on any atom is -0.359 e. The monoisotopic (exact) mass is 423 g/mol. The van der Waals surface area contributed by atoms with Gasteiger partial charge in [-0.1, -0.05) is 45.2 Å². The maximum absolute atomic E-state index is 5.84. The van der Waals surface area contributed by atoms with Crippen molar-refractivity contribution in [1.29, 1.82) is 0 Å². The Morgan fingerprint density at radius 1 is 1.21 bits per heavy atom. The van der Waals surface area contributed by atoms with E-state index in [1.54, 1.807) is 6.20 Å². The lowest BCUT2D eigenvalue weighted by Gasteiger charge is -2.15. The maximum Gasteiger partial charge on any atom is 0.161 e. The largest absolute Gasteiger partial charge is 0.359 e. The SMILES string of the molecule is C[Si](C)(C)C#Cc1nn(COCC[Si](C)(C)C)c2ncc(Br)cc12. The Morgan fingerprint density at radius 3 is 2.54 bits per heavy atom. The van der Waals surface area contributed by atoms with Crippen LogP contribution in [0, 0.1) is 11.5 Å². The van der Waals surface area contributed by atoms with Crippen molar-refractivity contribution in [3.05, 3.63) is 22.4 Å². The summed E-state index contributed by atoms with van der Waals surface area (Å²) in [6, 6.07) is 3.18. The molecule has 4 nitrogen and oxygen atoms in total. The number of aromatic nitrogens is 3. The van der Waals surface area contributed by atoms with Gasteiger partial charge in [0.05, 0.1) is 5.39 Å². The molecule has 0 amide bonds. The molecular formula is C17H26BrN3OSi2. The van der Waals surface area contributed by atoms with Gasteiger partial charge in [-0.25, -0.2) is 9.67 Å². The normalized spacial score (nSPS) is 12.3. The number of halogens is 1. The molecule has 7 heteroatoms. The summed E-state index contributed by atoms with van der Waals surface area (Å²) in [6.45, 7) is 14.9. The number of hydrogen-bond donors (Lipinski definition) is 0. The molecule has 0 radical (unpaired) electrons. The molecule has 2 heterocycles. The van der Waals surface area contributed by atoms with Gasteiger partial charge in [-0.3, -0.25) is 0 Å². The minimum absolute atomic E-state index is 0.421. The van der Waals surface area contributed by atoms with Crippen molar-refractivity contribution < 1.29 is 4.74 Å². The molecule has 0 atom stereocenters. The fourth-order valence-electron chi connectivity index (χ4n) is 1.99. The molecule has 0 bridgehead atoms. The second kappa shape index (κ2) is 7.52. The molecular weight excluding hydrogens is 398 g/mol. The van der Waals surface area contributed by atoms with Crippen LogP contribution in [0.25, 0.3) is 11.0 Å². The molecule has 0 fully saturated rings. The first-order chi connectivity index (χ1) is 11.1. The van der Waals surface area contributed by atoms with E-state index in [-0.39, 0.29) is 0 Å². The molecule has 130 valence electrons. The van der Waals surface area contributed by atoms with Crippen molar-refractivity contribution in [3.63, 3.8) is 0 Å². The third-order valence-electron chi connectivity index (χ3n) is 3.32. The highest BCUT2D eigenvalue weighted by atomic mass is 79.9. The van der Waals surface area contributed by atoms with Crippen molar-refractivity contribution in [1.82, 2.24) is 14.8 Å². The zero-order valence-electron chi connectivity index (χ0n) is 15.4. The van der Waals surface area contributed by atoms with Crippen LogP contribution in [0.4, 0.5) is 0 Å². The molecule has 0 saturated carbocycles. The van der Waals surface area contributed by atoms with Gasteiger partial charge in [-0.15, -0.1) is 5.54 Å². The first kappa shape index (κ1) is 19.4. The lowest BCUT2D eigenvalue weighted by Crippen LogP contribution is -2.22. The maximum atomic E-state index is 5.84. The fourth-order valence-corrected chi connectivity index (χ4v) is 3.57. The highest BCUT2D eigenvalue weighted by Gasteiger charge is 2.15. The number of fused-ring (bicyclic) bond motifs is 1. The number of nitrogens with zero attached hydrogens (tertiary/aromatic N) is 3. The predicted octanol–water partition coefficient (Wildman–Crippen LogP) is 4.74. The van der Waals surface area contributed by atoms with Crippen LogP contribution in [-0.4, -0.2) is 37.5 Å². The van der Waals surface area contributed by atoms with Crippen molar-refractivity contribution in [3.8, 4) is 11.5 Å². The fraction of sp³-hybridized carbons (Fsp3) is 0.529. The van der Waals surface area contributed by atoms with Crippen LogP contribution in [-0.2, 0) is 11.5 Å². The van der Waals surface area contributed by atoms with Gasteiger partial charge in [0, 0.05) is 25.4 Å². The van der Waals surface area contributed by atoms with E-state index in [0.717, 1.165) is 33.9 Å². The second-order valence-corrected chi connectivity index (χ2v) is 19.5. The van der Waals surface area contributed by atoms with Crippen LogP contribution in [0.2, 0.25) is 45.3 Å². The van der Waals surface area contributed by atoms with Gasteiger partial charge >= 0.3 is 0 Å². The topological polar surface area (TPSA) is 39.9 Å². The van der Waals surface area contributed by atoms with Gasteiger partial charge in [0.1, 0.15) is 20.5 Å². The van der Waals surface area contributed by atoms with E-state index in [1.165, 1.54) is 0 Å². The smallest absolute Gasteiger partial charge is 0.161 e. The lowest BCUT2D eigenvalue weighted by atomic mass is 10.3. The molecule has 2 rings (SSSR count). The molecule has 2 aromatic heterocycles. The zero-order valence-corrected chi connectivity index (χ0v) is 19.0. The summed E-state index contributed by atoms with van der Waals surface area (Å²) >= 11 is 3.49. The van der Waals surface area contributed by atoms with Crippen LogP contribution in [0.15, 0.2) is 16.7 Å². The third-order valence-corrected chi connectivity index (χ3v) is 6.33. The van der Waals surface area contributed by atoms with Crippen molar-refractivity contribution in [2.75, 3.05) is 6.61 Å². The first-order valence-corrected chi connectivity index (χ1v) is 16.2. The van der Waals surface area contributed by atoms with Crippen molar-refractivity contribution >= 4 is 43.1 Å². The molecule has 0 aliphatic rings. The van der Waals surface area contributed by atoms with Crippen molar-refractivity contribution in [2.45, 2.75) is 52.1 Å². The van der Waals surface area contributed by atoms with E-state index >= 15 is 0 Å². The Morgan fingerprint density at radius 2 is 1.92 bits per heavy atom. The van der Waals surface area contributed by atoms with Gasteiger partial charge in [-0.05, 0) is 28.0 Å². The molecule has 2 aromatic rings. The van der Waals surface area contributed by atoms with Crippen molar-refractivity contribution in [2.24, 2.45) is 0 Å². The summed E-state index contributed by atoms with van der Waals surface area (Å²) in [5.41, 5.74) is 5.00. The number of pyridine rings is 1. The van der Waals surface area contributed by atoms with Crippen LogP contribution in [0.1, 0.15) is 5.69 Å². The molecule has 0 saturated heterocycles. The third kappa shape index (κ3) is 5.85. The van der Waals surface area contributed by atoms with Gasteiger partial charge in [0.15, 0.2) is 5.65 Å². The summed E-state index contributed by atoms with van der Waals surface area (Å²) in [4.78, 5) is 4.50. The average molecular weight is 424 g/mol. The summed E-state index contributed by atoms with van der Waals surface area (Å²) in [7, 11) is -2.53. The molecule has 0 aliphatic heterocycles. The van der Waals surface area contributed by atoms with E-state index < -0.39 is 16.1 Å². The minimum atomic E-state index is -1.45. The second-order valence-electron chi connectivity index (χ2n) is 8.22. The van der Waals surface area contributed by atoms with E-state index in [2.05, 4.69) is 76.8 Å². The number of rotatable bonds is 5. The molecule has 0 spiro atoms. The lowest BCUT2D eigenvalue weighted by molar-refractivity contribution is 0.0812. The standard InChI is InChI=1S/C17H26BrN3OSi2/c1-23(2,3)9-7-16-15-11-14(18)12-19-17(15)21(20-16)13-22-8-10-24(4,5)6/h11-12H,8,10,13H2,1-6H3. The molecule has 24 heavy (non-hydrogen) atoms. The Labute approximate surface area is 155 Å². The van der Waals surface area contributed by atoms with Crippen LogP contribution in [0.3, 0.4) is 0 Å². The zero-order chi connectivity index (χ0) is 18.0. The highest BCUT2D eigenvalue weighted by molar-refractivity contribution is 9.10. The Balaban J connectivity index is 2.25. The van der Waals surface area contributed by atoms with E-state index in [4.69, 9.17) is 4.74 Å². The number of ether oxygens (including phenoxy) is 1. The van der Waals surface area contributed by atoms with Crippen LogP contribution >= 0.6 is 15.9 Å².